The Bertz CT molecular complexity index is 433. The number of nitrogens with one attached hydrogen (secondary N) is 1. The highest BCUT2D eigenvalue weighted by molar-refractivity contribution is 7.90. The second-order valence-electron chi connectivity index (χ2n) is 3.91. The van der Waals surface area contributed by atoms with Crippen LogP contribution in [0.1, 0.15) is 18.5 Å². The van der Waals surface area contributed by atoms with Gasteiger partial charge in [-0.3, -0.25) is 0 Å². The summed E-state index contributed by atoms with van der Waals surface area (Å²) < 4.78 is 27.8. The van der Waals surface area contributed by atoms with E-state index in [4.69, 9.17) is 4.74 Å². The molecule has 5 heteroatoms. The van der Waals surface area contributed by atoms with E-state index >= 15 is 0 Å². The third-order valence-electron chi connectivity index (χ3n) is 2.49. The van der Waals surface area contributed by atoms with Crippen LogP contribution in [0.15, 0.2) is 29.2 Å². The normalized spacial score (nSPS) is 13.6. The van der Waals surface area contributed by atoms with E-state index in [0.717, 1.165) is 12.1 Å². The van der Waals surface area contributed by atoms with Crippen molar-refractivity contribution in [3.05, 3.63) is 29.8 Å². The minimum absolute atomic E-state index is 0.0959. The van der Waals surface area contributed by atoms with Crippen molar-refractivity contribution in [3.63, 3.8) is 0 Å². The lowest BCUT2D eigenvalue weighted by molar-refractivity contribution is 0.168. The fourth-order valence-corrected chi connectivity index (χ4v) is 2.26. The molecular formula is C12H19NO3S. The van der Waals surface area contributed by atoms with Crippen LogP contribution in [-0.2, 0) is 14.6 Å². The van der Waals surface area contributed by atoms with Crippen molar-refractivity contribution in [1.82, 2.24) is 5.32 Å². The highest BCUT2D eigenvalue weighted by atomic mass is 32.2. The molecular weight excluding hydrogens is 238 g/mol. The number of likely N-dealkylation sites (N-methyl/N-ethyl adjacent to an activating group) is 1. The van der Waals surface area contributed by atoms with Gasteiger partial charge < -0.3 is 10.1 Å². The van der Waals surface area contributed by atoms with Gasteiger partial charge in [-0.25, -0.2) is 8.42 Å². The summed E-state index contributed by atoms with van der Waals surface area (Å²) in [6.45, 7) is 3.42. The lowest BCUT2D eigenvalue weighted by atomic mass is 10.1. The molecule has 96 valence electrons. The topological polar surface area (TPSA) is 55.4 Å². The average molecular weight is 257 g/mol. The third kappa shape index (κ3) is 4.11. The highest BCUT2D eigenvalue weighted by Gasteiger charge is 2.11. The minimum Gasteiger partial charge on any atom is -0.383 e. The predicted octanol–water partition coefficient (Wildman–Crippen LogP) is 1.39. The van der Waals surface area contributed by atoms with E-state index in [9.17, 15) is 8.42 Å². The number of hydrogen-bond acceptors (Lipinski definition) is 4. The standard InChI is InChI=1S/C12H19NO3S/c1-4-13-12(9-16-2)10-5-7-11(8-6-10)17(3,14)15/h5-8,12-13H,4,9H2,1-3H3. The molecule has 0 heterocycles. The summed E-state index contributed by atoms with van der Waals surface area (Å²) in [5.74, 6) is 0. The zero-order valence-corrected chi connectivity index (χ0v) is 11.3. The summed E-state index contributed by atoms with van der Waals surface area (Å²) in [4.78, 5) is 0.342. The maximum absolute atomic E-state index is 11.3. The van der Waals surface area contributed by atoms with Gasteiger partial charge in [0.05, 0.1) is 17.5 Å². The summed E-state index contributed by atoms with van der Waals surface area (Å²) in [7, 11) is -1.47. The fourth-order valence-electron chi connectivity index (χ4n) is 1.63. The van der Waals surface area contributed by atoms with Crippen LogP contribution in [0.3, 0.4) is 0 Å². The lowest BCUT2D eigenvalue weighted by Crippen LogP contribution is -2.24. The molecule has 1 rings (SSSR count). The first-order chi connectivity index (χ1) is 7.99. The molecule has 0 amide bonds. The lowest BCUT2D eigenvalue weighted by Gasteiger charge is -2.17. The van der Waals surface area contributed by atoms with Gasteiger partial charge in [0, 0.05) is 13.4 Å². The Kier molecular flexibility index (Phi) is 5.11. The summed E-state index contributed by atoms with van der Waals surface area (Å²) in [6.07, 6.45) is 1.21. The first-order valence-electron chi connectivity index (χ1n) is 5.51. The predicted molar refractivity (Wildman–Crippen MR) is 67.8 cm³/mol. The average Bonchev–Trinajstić information content (AvgIpc) is 2.28. The van der Waals surface area contributed by atoms with Gasteiger partial charge in [-0.05, 0) is 24.2 Å². The van der Waals surface area contributed by atoms with Gasteiger partial charge in [0.1, 0.15) is 0 Å². The SMILES string of the molecule is CCNC(COC)c1ccc(S(C)(=O)=O)cc1. The largest absolute Gasteiger partial charge is 0.383 e. The van der Waals surface area contributed by atoms with Gasteiger partial charge in [-0.1, -0.05) is 19.1 Å². The van der Waals surface area contributed by atoms with Gasteiger partial charge in [0.25, 0.3) is 0 Å². The van der Waals surface area contributed by atoms with Crippen LogP contribution in [0.5, 0.6) is 0 Å². The molecule has 1 N–H and O–H groups in total. The van der Waals surface area contributed by atoms with Crippen molar-refractivity contribution in [3.8, 4) is 0 Å². The molecule has 0 fully saturated rings. The second kappa shape index (κ2) is 6.14. The van der Waals surface area contributed by atoms with Crippen molar-refractivity contribution in [2.45, 2.75) is 17.9 Å². The molecule has 1 atom stereocenters. The molecule has 0 aliphatic carbocycles. The van der Waals surface area contributed by atoms with Crippen LogP contribution in [0.4, 0.5) is 0 Å². The maximum Gasteiger partial charge on any atom is 0.175 e. The number of sulfone groups is 1. The van der Waals surface area contributed by atoms with Crippen LogP contribution >= 0.6 is 0 Å². The van der Waals surface area contributed by atoms with E-state index in [1.54, 1.807) is 19.2 Å². The van der Waals surface area contributed by atoms with Gasteiger partial charge in [-0.2, -0.15) is 0 Å². The summed E-state index contributed by atoms with van der Waals surface area (Å²) in [6, 6.07) is 7.00. The van der Waals surface area contributed by atoms with Crippen molar-refractivity contribution in [2.75, 3.05) is 26.5 Å². The molecule has 0 aromatic heterocycles. The Morgan fingerprint density at radius 3 is 2.29 bits per heavy atom. The van der Waals surface area contributed by atoms with E-state index in [-0.39, 0.29) is 6.04 Å². The number of benzene rings is 1. The highest BCUT2D eigenvalue weighted by Crippen LogP contribution is 2.16. The van der Waals surface area contributed by atoms with Crippen molar-refractivity contribution >= 4 is 9.84 Å². The third-order valence-corrected chi connectivity index (χ3v) is 3.62. The molecule has 0 bridgehead atoms. The van der Waals surface area contributed by atoms with Crippen LogP contribution in [0, 0.1) is 0 Å². The van der Waals surface area contributed by atoms with E-state index in [1.807, 2.05) is 19.1 Å². The van der Waals surface area contributed by atoms with Crippen LogP contribution in [-0.4, -0.2) is 34.9 Å². The van der Waals surface area contributed by atoms with E-state index in [0.29, 0.717) is 11.5 Å². The Labute approximate surface area is 103 Å². The summed E-state index contributed by atoms with van der Waals surface area (Å²) >= 11 is 0. The zero-order valence-electron chi connectivity index (χ0n) is 10.4. The van der Waals surface area contributed by atoms with Crippen molar-refractivity contribution < 1.29 is 13.2 Å². The van der Waals surface area contributed by atoms with Crippen molar-refractivity contribution in [2.24, 2.45) is 0 Å². The minimum atomic E-state index is -3.12. The zero-order chi connectivity index (χ0) is 12.9. The first-order valence-corrected chi connectivity index (χ1v) is 7.40. The number of rotatable bonds is 6. The summed E-state index contributed by atoms with van der Waals surface area (Å²) in [5, 5.41) is 3.28. The Morgan fingerprint density at radius 2 is 1.88 bits per heavy atom. The van der Waals surface area contributed by atoms with E-state index in [2.05, 4.69) is 5.32 Å². The molecule has 4 nitrogen and oxygen atoms in total. The molecule has 0 aliphatic rings. The quantitative estimate of drug-likeness (QED) is 0.836. The molecule has 1 aromatic rings. The van der Waals surface area contributed by atoms with E-state index in [1.165, 1.54) is 6.26 Å². The molecule has 0 spiro atoms. The molecule has 0 saturated heterocycles. The molecule has 0 saturated carbocycles. The van der Waals surface area contributed by atoms with Crippen molar-refractivity contribution in [1.29, 1.82) is 0 Å². The molecule has 1 unspecified atom stereocenters. The maximum atomic E-state index is 11.3. The molecule has 0 radical (unpaired) electrons. The molecule has 17 heavy (non-hydrogen) atoms. The smallest absolute Gasteiger partial charge is 0.175 e. The number of ether oxygens (including phenoxy) is 1. The fraction of sp³-hybridized carbons (Fsp3) is 0.500. The Morgan fingerprint density at radius 1 is 1.29 bits per heavy atom. The Hall–Kier alpha value is -0.910. The van der Waals surface area contributed by atoms with Crippen LogP contribution < -0.4 is 5.32 Å². The van der Waals surface area contributed by atoms with Crippen LogP contribution in [0.2, 0.25) is 0 Å². The first kappa shape index (κ1) is 14.2. The van der Waals surface area contributed by atoms with Gasteiger partial charge >= 0.3 is 0 Å². The van der Waals surface area contributed by atoms with Gasteiger partial charge in [0.15, 0.2) is 9.84 Å². The number of methoxy groups -OCH3 is 1. The Balaban J connectivity index is 2.91. The second-order valence-corrected chi connectivity index (χ2v) is 5.92. The van der Waals surface area contributed by atoms with Gasteiger partial charge in [0.2, 0.25) is 0 Å². The van der Waals surface area contributed by atoms with E-state index < -0.39 is 9.84 Å². The molecule has 1 aromatic carbocycles. The number of hydrogen-bond donors (Lipinski definition) is 1. The monoisotopic (exact) mass is 257 g/mol. The summed E-state index contributed by atoms with van der Waals surface area (Å²) in [5.41, 5.74) is 1.03. The van der Waals surface area contributed by atoms with Crippen LogP contribution in [0.25, 0.3) is 0 Å². The molecule has 0 aliphatic heterocycles. The van der Waals surface area contributed by atoms with Gasteiger partial charge in [-0.15, -0.1) is 0 Å².